The molecule has 200 valence electrons. The van der Waals surface area contributed by atoms with Crippen LogP contribution in [-0.2, 0) is 0 Å². The van der Waals surface area contributed by atoms with Crippen molar-refractivity contribution in [1.82, 2.24) is 39.3 Å². The highest BCUT2D eigenvalue weighted by molar-refractivity contribution is 5.89. The average molecular weight is 535 g/mol. The second kappa shape index (κ2) is 10.4. The van der Waals surface area contributed by atoms with Crippen molar-refractivity contribution in [3.8, 4) is 56.6 Å². The lowest BCUT2D eigenvalue weighted by atomic mass is 9.94. The van der Waals surface area contributed by atoms with Crippen molar-refractivity contribution in [2.75, 3.05) is 21.3 Å². The predicted molar refractivity (Wildman–Crippen MR) is 149 cm³/mol. The highest BCUT2D eigenvalue weighted by Crippen LogP contribution is 2.47. The predicted octanol–water partition coefficient (Wildman–Crippen LogP) is 4.70. The third-order valence-electron chi connectivity index (χ3n) is 6.70. The van der Waals surface area contributed by atoms with E-state index in [0.29, 0.717) is 17.2 Å². The van der Waals surface area contributed by atoms with Gasteiger partial charge in [0, 0.05) is 39.8 Å². The minimum absolute atomic E-state index is 0.635. The van der Waals surface area contributed by atoms with Crippen LogP contribution in [0.4, 0.5) is 0 Å². The summed E-state index contributed by atoms with van der Waals surface area (Å²) >= 11 is 0. The minimum Gasteiger partial charge on any atom is -0.496 e. The molecule has 3 aromatic carbocycles. The fourth-order valence-electron chi connectivity index (χ4n) is 4.79. The number of hydrogen-bond donors (Lipinski definition) is 0. The molecule has 11 nitrogen and oxygen atoms in total. The summed E-state index contributed by atoms with van der Waals surface area (Å²) in [5.74, 6) is 1.99. The SMILES string of the molecule is COc1ccc(-n2cnnc2)cc1-c1cc(-n2cncn2)cc(-c2cc(-n3nccc3C)ccc2OC)c1OC. The van der Waals surface area contributed by atoms with Crippen LogP contribution in [0.15, 0.2) is 86.1 Å². The third-order valence-corrected chi connectivity index (χ3v) is 6.70. The van der Waals surface area contributed by atoms with Gasteiger partial charge in [-0.1, -0.05) is 0 Å². The number of aryl methyl sites for hydroxylation is 1. The zero-order valence-corrected chi connectivity index (χ0v) is 22.4. The molecular weight excluding hydrogens is 508 g/mol. The van der Waals surface area contributed by atoms with Gasteiger partial charge in [-0.15, -0.1) is 10.2 Å². The third kappa shape index (κ3) is 4.33. The van der Waals surface area contributed by atoms with Gasteiger partial charge in [-0.2, -0.15) is 10.2 Å². The van der Waals surface area contributed by atoms with Crippen LogP contribution in [0, 0.1) is 6.92 Å². The lowest BCUT2D eigenvalue weighted by molar-refractivity contribution is 0.408. The molecule has 0 bridgehead atoms. The molecular formula is C29H26N8O3. The van der Waals surface area contributed by atoms with E-state index in [0.717, 1.165) is 45.0 Å². The molecule has 0 aliphatic rings. The van der Waals surface area contributed by atoms with E-state index in [1.54, 1.807) is 51.2 Å². The Morgan fingerprint density at radius 3 is 1.80 bits per heavy atom. The summed E-state index contributed by atoms with van der Waals surface area (Å²) in [4.78, 5) is 4.16. The molecule has 3 heterocycles. The maximum atomic E-state index is 6.13. The van der Waals surface area contributed by atoms with E-state index in [-0.39, 0.29) is 0 Å². The minimum atomic E-state index is 0.635. The molecule has 0 saturated carbocycles. The van der Waals surface area contributed by atoms with E-state index in [1.807, 2.05) is 70.8 Å². The molecule has 40 heavy (non-hydrogen) atoms. The van der Waals surface area contributed by atoms with E-state index in [9.17, 15) is 0 Å². The Kier molecular flexibility index (Phi) is 6.44. The van der Waals surface area contributed by atoms with Crippen molar-refractivity contribution in [2.24, 2.45) is 0 Å². The Bertz CT molecular complexity index is 1780. The Morgan fingerprint density at radius 1 is 0.625 bits per heavy atom. The second-order valence-electron chi connectivity index (χ2n) is 8.94. The van der Waals surface area contributed by atoms with Crippen molar-refractivity contribution >= 4 is 0 Å². The molecule has 0 aliphatic carbocycles. The van der Waals surface area contributed by atoms with Gasteiger partial charge in [0.05, 0.1) is 32.7 Å². The summed E-state index contributed by atoms with van der Waals surface area (Å²) in [6.07, 6.45) is 8.22. The van der Waals surface area contributed by atoms with Crippen LogP contribution in [0.5, 0.6) is 17.2 Å². The molecule has 0 amide bonds. The van der Waals surface area contributed by atoms with E-state index >= 15 is 0 Å². The number of nitrogens with zero attached hydrogens (tertiary/aromatic N) is 8. The number of ether oxygens (including phenoxy) is 3. The van der Waals surface area contributed by atoms with Crippen LogP contribution in [0.1, 0.15) is 5.69 Å². The van der Waals surface area contributed by atoms with Gasteiger partial charge in [-0.25, -0.2) is 14.3 Å². The zero-order valence-electron chi connectivity index (χ0n) is 22.4. The topological polar surface area (TPSA) is 107 Å². The maximum Gasteiger partial charge on any atom is 0.138 e. The molecule has 11 heteroatoms. The highest BCUT2D eigenvalue weighted by Gasteiger charge is 2.22. The monoisotopic (exact) mass is 534 g/mol. The van der Waals surface area contributed by atoms with Crippen molar-refractivity contribution in [1.29, 1.82) is 0 Å². The molecule has 0 unspecified atom stereocenters. The van der Waals surface area contributed by atoms with Crippen molar-refractivity contribution < 1.29 is 14.2 Å². The quantitative estimate of drug-likeness (QED) is 0.277. The lowest BCUT2D eigenvalue weighted by Gasteiger charge is -2.20. The van der Waals surface area contributed by atoms with Gasteiger partial charge in [0.2, 0.25) is 0 Å². The van der Waals surface area contributed by atoms with Gasteiger partial charge < -0.3 is 14.2 Å². The lowest BCUT2D eigenvalue weighted by Crippen LogP contribution is -2.03. The number of benzene rings is 3. The maximum absolute atomic E-state index is 6.13. The van der Waals surface area contributed by atoms with Crippen LogP contribution < -0.4 is 14.2 Å². The van der Waals surface area contributed by atoms with Gasteiger partial charge in [0.15, 0.2) is 0 Å². The molecule has 0 aliphatic heterocycles. The Morgan fingerprint density at radius 2 is 1.25 bits per heavy atom. The summed E-state index contributed by atoms with van der Waals surface area (Å²) in [7, 11) is 4.95. The van der Waals surface area contributed by atoms with E-state index in [1.165, 1.54) is 6.33 Å². The fourth-order valence-corrected chi connectivity index (χ4v) is 4.79. The van der Waals surface area contributed by atoms with E-state index in [2.05, 4.69) is 25.4 Å². The van der Waals surface area contributed by atoms with Crippen LogP contribution in [0.25, 0.3) is 39.3 Å². The Labute approximate surface area is 230 Å². The highest BCUT2D eigenvalue weighted by atomic mass is 16.5. The van der Waals surface area contributed by atoms with Crippen LogP contribution >= 0.6 is 0 Å². The summed E-state index contributed by atoms with van der Waals surface area (Å²) in [5, 5.41) is 16.8. The van der Waals surface area contributed by atoms with Crippen molar-refractivity contribution in [3.05, 3.63) is 91.8 Å². The molecule has 3 aromatic heterocycles. The van der Waals surface area contributed by atoms with E-state index in [4.69, 9.17) is 14.2 Å². The zero-order chi connectivity index (χ0) is 27.6. The van der Waals surface area contributed by atoms with Crippen molar-refractivity contribution in [3.63, 3.8) is 0 Å². The molecule has 0 radical (unpaired) electrons. The molecule has 0 spiro atoms. The first kappa shape index (κ1) is 24.9. The fraction of sp³-hybridized carbons (Fsp3) is 0.138. The van der Waals surface area contributed by atoms with Gasteiger partial charge in [0.25, 0.3) is 0 Å². The van der Waals surface area contributed by atoms with Crippen molar-refractivity contribution in [2.45, 2.75) is 6.92 Å². The van der Waals surface area contributed by atoms with Crippen LogP contribution in [0.3, 0.4) is 0 Å². The Hall–Kier alpha value is -5.45. The van der Waals surface area contributed by atoms with Crippen LogP contribution in [0.2, 0.25) is 0 Å². The van der Waals surface area contributed by atoms with Crippen LogP contribution in [-0.4, -0.2) is 60.6 Å². The number of methoxy groups -OCH3 is 3. The van der Waals surface area contributed by atoms with E-state index < -0.39 is 0 Å². The summed E-state index contributed by atoms with van der Waals surface area (Å²) in [5.41, 5.74) is 6.77. The first-order valence-corrected chi connectivity index (χ1v) is 12.4. The standard InChI is InChI=1S/C29H26N8O3/c1-19-9-10-33-37(19)21-6-8-28(39-3)24(12-21)26-14-22(36-16-30-15-34-36)13-25(29(26)40-4)23-11-20(5-7-27(23)38-2)35-17-31-32-18-35/h5-18H,1-4H3. The summed E-state index contributed by atoms with van der Waals surface area (Å²) < 4.78 is 23.2. The summed E-state index contributed by atoms with van der Waals surface area (Å²) in [6, 6.07) is 17.8. The molecule has 0 saturated heterocycles. The van der Waals surface area contributed by atoms with Gasteiger partial charge in [0.1, 0.15) is 42.6 Å². The van der Waals surface area contributed by atoms with Gasteiger partial charge in [-0.3, -0.25) is 4.57 Å². The molecule has 0 atom stereocenters. The largest absolute Gasteiger partial charge is 0.496 e. The average Bonchev–Trinajstić information content (AvgIpc) is 3.79. The first-order chi connectivity index (χ1) is 19.6. The van der Waals surface area contributed by atoms with Gasteiger partial charge in [-0.05, 0) is 61.5 Å². The normalized spacial score (nSPS) is 11.0. The number of aromatic nitrogens is 8. The summed E-state index contributed by atoms with van der Waals surface area (Å²) in [6.45, 7) is 2.01. The first-order valence-electron chi connectivity index (χ1n) is 12.4. The smallest absolute Gasteiger partial charge is 0.138 e. The molecule has 6 rings (SSSR count). The number of hydrogen-bond acceptors (Lipinski definition) is 8. The molecule has 0 N–H and O–H groups in total. The molecule has 0 fully saturated rings. The second-order valence-corrected chi connectivity index (χ2v) is 8.94. The Balaban J connectivity index is 1.65. The van der Waals surface area contributed by atoms with Gasteiger partial charge >= 0.3 is 0 Å². The number of rotatable bonds is 8. The molecule has 6 aromatic rings.